The number of carbonyl (C=O) groups is 2. The number of carboxylic acid groups (broad SMARTS) is 1. The molecule has 4 nitrogen and oxygen atoms in total. The van der Waals surface area contributed by atoms with Crippen LogP contribution >= 0.6 is 0 Å². The molecule has 2 N–H and O–H groups in total. The number of hydrogen-bond donors (Lipinski definition) is 2. The van der Waals surface area contributed by atoms with Gasteiger partial charge in [0, 0.05) is 6.04 Å². The van der Waals surface area contributed by atoms with Gasteiger partial charge < -0.3 is 10.4 Å². The first-order valence-corrected chi connectivity index (χ1v) is 5.61. The highest BCUT2D eigenvalue weighted by molar-refractivity contribution is 5.86. The van der Waals surface area contributed by atoms with Gasteiger partial charge in [0.15, 0.2) is 0 Å². The van der Waals surface area contributed by atoms with Gasteiger partial charge in [-0.25, -0.2) is 0 Å². The van der Waals surface area contributed by atoms with Gasteiger partial charge in [-0.15, -0.1) is 0 Å². The van der Waals surface area contributed by atoms with Gasteiger partial charge in [0.05, 0.1) is 11.8 Å². The summed E-state index contributed by atoms with van der Waals surface area (Å²) in [6.45, 7) is 2.16. The minimum Gasteiger partial charge on any atom is -0.481 e. The number of hydrogen-bond acceptors (Lipinski definition) is 2. The fourth-order valence-electron chi connectivity index (χ4n) is 2.44. The van der Waals surface area contributed by atoms with Gasteiger partial charge in [-0.2, -0.15) is 0 Å². The van der Waals surface area contributed by atoms with E-state index in [1.54, 1.807) is 0 Å². The van der Waals surface area contributed by atoms with E-state index in [4.69, 9.17) is 5.11 Å². The topological polar surface area (TPSA) is 66.4 Å². The predicted molar refractivity (Wildman–Crippen MR) is 54.2 cm³/mol. The molecule has 0 unspecified atom stereocenters. The maximum absolute atomic E-state index is 11.7. The van der Waals surface area contributed by atoms with E-state index in [0.29, 0.717) is 18.4 Å². The highest BCUT2D eigenvalue weighted by Crippen LogP contribution is 2.35. The van der Waals surface area contributed by atoms with E-state index >= 15 is 0 Å². The summed E-state index contributed by atoms with van der Waals surface area (Å²) in [5.41, 5.74) is 0. The molecule has 1 amide bonds. The minimum atomic E-state index is -0.830. The molecule has 2 aliphatic rings. The van der Waals surface area contributed by atoms with Crippen LogP contribution < -0.4 is 5.32 Å². The second kappa shape index (κ2) is 3.83. The van der Waals surface area contributed by atoms with E-state index in [-0.39, 0.29) is 11.8 Å². The number of nitrogens with one attached hydrogen (secondary N) is 1. The zero-order chi connectivity index (χ0) is 11.0. The Balaban J connectivity index is 1.79. The molecule has 2 fully saturated rings. The lowest BCUT2D eigenvalue weighted by Crippen LogP contribution is -2.50. The van der Waals surface area contributed by atoms with Crippen molar-refractivity contribution in [2.75, 3.05) is 0 Å². The lowest BCUT2D eigenvalue weighted by atomic mass is 9.72. The van der Waals surface area contributed by atoms with Crippen LogP contribution in [0.15, 0.2) is 0 Å². The molecule has 0 spiro atoms. The highest BCUT2D eigenvalue weighted by Gasteiger charge is 2.42. The molecular formula is C11H17NO3. The molecule has 2 saturated carbocycles. The van der Waals surface area contributed by atoms with E-state index in [9.17, 15) is 9.59 Å². The van der Waals surface area contributed by atoms with Crippen LogP contribution in [0.4, 0.5) is 0 Å². The van der Waals surface area contributed by atoms with Gasteiger partial charge in [-0.05, 0) is 31.6 Å². The zero-order valence-electron chi connectivity index (χ0n) is 8.90. The predicted octanol–water partition coefficient (Wildman–Crippen LogP) is 1.01. The van der Waals surface area contributed by atoms with Crippen LogP contribution in [0.5, 0.6) is 0 Å². The van der Waals surface area contributed by atoms with Crippen molar-refractivity contribution in [3.63, 3.8) is 0 Å². The first-order chi connectivity index (χ1) is 7.08. The van der Waals surface area contributed by atoms with Crippen LogP contribution in [0.3, 0.4) is 0 Å². The minimum absolute atomic E-state index is 0.0504. The zero-order valence-corrected chi connectivity index (χ0v) is 8.90. The largest absolute Gasteiger partial charge is 0.481 e. The van der Waals surface area contributed by atoms with Crippen molar-refractivity contribution in [1.29, 1.82) is 0 Å². The molecular weight excluding hydrogens is 194 g/mol. The first-order valence-electron chi connectivity index (χ1n) is 5.61. The Morgan fingerprint density at radius 2 is 1.80 bits per heavy atom. The third-order valence-electron chi connectivity index (χ3n) is 3.65. The summed E-state index contributed by atoms with van der Waals surface area (Å²) in [6.07, 6.45) is 3.45. The van der Waals surface area contributed by atoms with Crippen molar-refractivity contribution < 1.29 is 14.7 Å². The molecule has 0 aliphatic heterocycles. The maximum Gasteiger partial charge on any atom is 0.307 e. The van der Waals surface area contributed by atoms with Gasteiger partial charge in [0.1, 0.15) is 0 Å². The smallest absolute Gasteiger partial charge is 0.307 e. The molecule has 0 aromatic heterocycles. The lowest BCUT2D eigenvalue weighted by molar-refractivity contribution is -0.153. The van der Waals surface area contributed by atoms with Crippen LogP contribution in [-0.4, -0.2) is 23.0 Å². The number of rotatable bonds is 3. The van der Waals surface area contributed by atoms with Crippen LogP contribution in [0.2, 0.25) is 0 Å². The van der Waals surface area contributed by atoms with Gasteiger partial charge in [0.2, 0.25) is 5.91 Å². The summed E-state index contributed by atoms with van der Waals surface area (Å²) in [5.74, 6) is -0.901. The summed E-state index contributed by atoms with van der Waals surface area (Å²) < 4.78 is 0. The second-order valence-electron chi connectivity index (χ2n) is 4.91. The molecule has 2 atom stereocenters. The summed E-state index contributed by atoms with van der Waals surface area (Å²) in [4.78, 5) is 22.4. The fourth-order valence-corrected chi connectivity index (χ4v) is 2.44. The van der Waals surface area contributed by atoms with Crippen LogP contribution in [-0.2, 0) is 9.59 Å². The fraction of sp³-hybridized carbons (Fsp3) is 0.818. The molecule has 0 saturated heterocycles. The van der Waals surface area contributed by atoms with Crippen molar-refractivity contribution in [2.45, 2.75) is 38.6 Å². The molecule has 0 bridgehead atoms. The van der Waals surface area contributed by atoms with Crippen molar-refractivity contribution in [2.24, 2.45) is 17.8 Å². The summed E-state index contributed by atoms with van der Waals surface area (Å²) >= 11 is 0. The average molecular weight is 211 g/mol. The van der Waals surface area contributed by atoms with Crippen LogP contribution in [0, 0.1) is 17.8 Å². The number of amides is 1. The molecule has 0 radical (unpaired) electrons. The molecule has 2 rings (SSSR count). The number of carbonyl (C=O) groups excluding carboxylic acids is 1. The molecule has 84 valence electrons. The lowest BCUT2D eigenvalue weighted by Gasteiger charge is -2.37. The monoisotopic (exact) mass is 211 g/mol. The van der Waals surface area contributed by atoms with Crippen LogP contribution in [0.1, 0.15) is 32.6 Å². The summed E-state index contributed by atoms with van der Waals surface area (Å²) in [7, 11) is 0. The molecule has 4 heteroatoms. The van der Waals surface area contributed by atoms with E-state index in [1.165, 1.54) is 0 Å². The third-order valence-corrected chi connectivity index (χ3v) is 3.65. The Labute approximate surface area is 89.0 Å². The first kappa shape index (κ1) is 10.5. The van der Waals surface area contributed by atoms with Crippen molar-refractivity contribution in [3.05, 3.63) is 0 Å². The Kier molecular flexibility index (Phi) is 2.67. The van der Waals surface area contributed by atoms with E-state index in [0.717, 1.165) is 19.3 Å². The van der Waals surface area contributed by atoms with E-state index in [2.05, 4.69) is 12.2 Å². The Hall–Kier alpha value is -1.06. The van der Waals surface area contributed by atoms with E-state index in [1.807, 2.05) is 0 Å². The highest BCUT2D eigenvalue weighted by atomic mass is 16.4. The molecule has 2 aliphatic carbocycles. The van der Waals surface area contributed by atoms with Crippen molar-refractivity contribution >= 4 is 11.9 Å². The molecule has 15 heavy (non-hydrogen) atoms. The quantitative estimate of drug-likeness (QED) is 0.732. The standard InChI is InChI=1S/C11H17NO3/c1-6-4-7(5-6)12-10(13)8-2-3-9(8)11(14)15/h6-9H,2-5H2,1H3,(H,12,13)(H,14,15)/t6?,7?,8-,9+/m1/s1. The van der Waals surface area contributed by atoms with Gasteiger partial charge in [0.25, 0.3) is 0 Å². The molecule has 0 aromatic rings. The number of carboxylic acids is 1. The number of aliphatic carboxylic acids is 1. The summed E-state index contributed by atoms with van der Waals surface area (Å²) in [6, 6.07) is 0.294. The van der Waals surface area contributed by atoms with Crippen molar-refractivity contribution in [1.82, 2.24) is 5.32 Å². The summed E-state index contributed by atoms with van der Waals surface area (Å²) in [5, 5.41) is 11.8. The normalized spacial score (nSPS) is 38.7. The van der Waals surface area contributed by atoms with Crippen molar-refractivity contribution in [3.8, 4) is 0 Å². The van der Waals surface area contributed by atoms with Gasteiger partial charge in [-0.3, -0.25) is 9.59 Å². The Morgan fingerprint density at radius 1 is 1.20 bits per heavy atom. The molecule has 0 aromatic carbocycles. The van der Waals surface area contributed by atoms with Gasteiger partial charge >= 0.3 is 5.97 Å². The second-order valence-corrected chi connectivity index (χ2v) is 4.91. The average Bonchev–Trinajstić information content (AvgIpc) is 1.97. The van der Waals surface area contributed by atoms with Crippen LogP contribution in [0.25, 0.3) is 0 Å². The molecule has 0 heterocycles. The van der Waals surface area contributed by atoms with E-state index < -0.39 is 11.9 Å². The third kappa shape index (κ3) is 1.98. The Bertz CT molecular complexity index is 284. The Morgan fingerprint density at radius 3 is 2.20 bits per heavy atom. The SMILES string of the molecule is CC1CC(NC(=O)[C@@H]2CC[C@@H]2C(=O)O)C1. The maximum atomic E-state index is 11.7. The van der Waals surface area contributed by atoms with Gasteiger partial charge in [-0.1, -0.05) is 6.92 Å².